The van der Waals surface area contributed by atoms with Crippen molar-refractivity contribution < 1.29 is 16.0 Å². The number of benzene rings is 1. The molecule has 0 radical (unpaired) electrons. The number of aliphatic hydroxyl groups is 1. The molecule has 0 spiro atoms. The van der Waals surface area contributed by atoms with Crippen molar-refractivity contribution in [2.24, 2.45) is 11.8 Å². The zero-order valence-corrected chi connectivity index (χ0v) is 18.5. The lowest BCUT2D eigenvalue weighted by atomic mass is 10.1. The Balaban J connectivity index is 0. The van der Waals surface area contributed by atoms with Gasteiger partial charge in [-0.05, 0) is 62.8 Å². The number of hydrogen-bond acceptors (Lipinski definition) is 4. The number of hydrogen-bond donors (Lipinski definition) is 2. The van der Waals surface area contributed by atoms with E-state index < -0.39 is 0 Å². The van der Waals surface area contributed by atoms with E-state index in [1.54, 1.807) is 0 Å². The lowest BCUT2D eigenvalue weighted by molar-refractivity contribution is 0.101. The van der Waals surface area contributed by atoms with Gasteiger partial charge in [0.15, 0.2) is 0 Å². The third-order valence-corrected chi connectivity index (χ3v) is 4.72. The SMILES string of the molecule is CCCCOCC(C)CC.CN[C@H](C)c1cccc(OCC2CC2)c1.CO.[HH]. The molecule has 0 aromatic heterocycles. The van der Waals surface area contributed by atoms with Gasteiger partial charge in [0.2, 0.25) is 0 Å². The minimum atomic E-state index is 0. The molecule has 1 aliphatic carbocycles. The van der Waals surface area contributed by atoms with Crippen LogP contribution in [-0.2, 0) is 4.74 Å². The fraction of sp³-hybridized carbons (Fsp3) is 0.739. The average Bonchev–Trinajstić information content (AvgIpc) is 3.55. The molecule has 0 saturated heterocycles. The summed E-state index contributed by atoms with van der Waals surface area (Å²) < 4.78 is 11.2. The summed E-state index contributed by atoms with van der Waals surface area (Å²) in [5.41, 5.74) is 1.28. The molecule has 2 N–H and O–H groups in total. The fourth-order valence-corrected chi connectivity index (χ4v) is 2.19. The minimum absolute atomic E-state index is 0. The van der Waals surface area contributed by atoms with Crippen LogP contribution in [0.3, 0.4) is 0 Å². The molecule has 2 atom stereocenters. The van der Waals surface area contributed by atoms with Gasteiger partial charge in [0.05, 0.1) is 6.61 Å². The molecule has 4 nitrogen and oxygen atoms in total. The molecule has 1 aromatic rings. The standard InChI is InChI=1S/C13H19NO.C9H20O.CH4O.H2/c1-10(14-2)12-4-3-5-13(8-12)15-9-11-6-7-11;1-4-6-7-10-8-9(3)5-2;1-2;/h3-5,8,10-11,14H,6-7,9H2,1-2H3;9H,4-8H2,1-3H3;2H,1H3;1H/t10-;;;/m1.../s1. The largest absolute Gasteiger partial charge is 0.493 e. The Morgan fingerprint density at radius 3 is 2.48 bits per heavy atom. The third kappa shape index (κ3) is 13.7. The Bertz CT molecular complexity index is 455. The van der Waals surface area contributed by atoms with Crippen LogP contribution in [0, 0.1) is 11.8 Å². The average molecular weight is 384 g/mol. The van der Waals surface area contributed by atoms with E-state index >= 15 is 0 Å². The van der Waals surface area contributed by atoms with Gasteiger partial charge in [-0.1, -0.05) is 45.7 Å². The molecule has 1 aliphatic rings. The molecule has 1 saturated carbocycles. The zero-order chi connectivity index (χ0) is 20.5. The number of nitrogens with one attached hydrogen (secondary N) is 1. The number of ether oxygens (including phenoxy) is 2. The first-order valence-electron chi connectivity index (χ1n) is 10.5. The Morgan fingerprint density at radius 1 is 1.22 bits per heavy atom. The van der Waals surface area contributed by atoms with E-state index in [1.807, 2.05) is 13.1 Å². The van der Waals surface area contributed by atoms with Crippen LogP contribution in [0.2, 0.25) is 0 Å². The van der Waals surface area contributed by atoms with Crippen LogP contribution in [0.1, 0.15) is 72.8 Å². The number of unbranched alkanes of at least 4 members (excludes halogenated alkanes) is 1. The van der Waals surface area contributed by atoms with Crippen LogP contribution >= 0.6 is 0 Å². The van der Waals surface area contributed by atoms with E-state index in [2.05, 4.69) is 51.2 Å². The second-order valence-corrected chi connectivity index (χ2v) is 7.28. The van der Waals surface area contributed by atoms with Crippen molar-refractivity contribution >= 4 is 0 Å². The lowest BCUT2D eigenvalue weighted by Gasteiger charge is -2.12. The molecule has 1 aromatic carbocycles. The van der Waals surface area contributed by atoms with E-state index in [1.165, 1.54) is 37.7 Å². The molecule has 4 heteroatoms. The molecule has 0 heterocycles. The van der Waals surface area contributed by atoms with Crippen LogP contribution in [0.4, 0.5) is 0 Å². The highest BCUT2D eigenvalue weighted by atomic mass is 16.5. The summed E-state index contributed by atoms with van der Waals surface area (Å²) >= 11 is 0. The van der Waals surface area contributed by atoms with Crippen molar-refractivity contribution in [2.75, 3.05) is 34.0 Å². The molecular weight excluding hydrogens is 338 g/mol. The normalized spacial score (nSPS) is 14.9. The fourth-order valence-electron chi connectivity index (χ4n) is 2.19. The smallest absolute Gasteiger partial charge is 0.119 e. The second-order valence-electron chi connectivity index (χ2n) is 7.28. The van der Waals surface area contributed by atoms with E-state index in [0.717, 1.165) is 44.5 Å². The molecular formula is C23H45NO3. The first kappa shape index (κ1) is 25.9. The number of rotatable bonds is 11. The monoisotopic (exact) mass is 383 g/mol. The topological polar surface area (TPSA) is 50.7 Å². The first-order chi connectivity index (χ1) is 13.1. The van der Waals surface area contributed by atoms with Crippen molar-refractivity contribution in [3.8, 4) is 5.75 Å². The molecule has 0 aliphatic heterocycles. The summed E-state index contributed by atoms with van der Waals surface area (Å²) in [4.78, 5) is 0. The Kier molecular flexibility index (Phi) is 16.3. The van der Waals surface area contributed by atoms with Crippen LogP contribution in [0.15, 0.2) is 24.3 Å². The van der Waals surface area contributed by atoms with Gasteiger partial charge in [-0.25, -0.2) is 0 Å². The van der Waals surface area contributed by atoms with Gasteiger partial charge in [0.1, 0.15) is 5.75 Å². The predicted molar refractivity (Wildman–Crippen MR) is 118 cm³/mol. The van der Waals surface area contributed by atoms with Gasteiger partial charge in [-0.2, -0.15) is 0 Å². The van der Waals surface area contributed by atoms with E-state index in [-0.39, 0.29) is 1.43 Å². The molecule has 0 bridgehead atoms. The maximum atomic E-state index is 7.00. The highest BCUT2D eigenvalue weighted by Crippen LogP contribution is 2.30. The van der Waals surface area contributed by atoms with Crippen LogP contribution in [-0.4, -0.2) is 39.1 Å². The van der Waals surface area contributed by atoms with Gasteiger partial charge in [0.25, 0.3) is 0 Å². The molecule has 160 valence electrons. The van der Waals surface area contributed by atoms with Gasteiger partial charge in [-0.15, -0.1) is 0 Å². The highest BCUT2D eigenvalue weighted by Gasteiger charge is 2.21. The van der Waals surface area contributed by atoms with E-state index in [9.17, 15) is 0 Å². The Morgan fingerprint density at radius 2 is 1.93 bits per heavy atom. The summed E-state index contributed by atoms with van der Waals surface area (Å²) in [6, 6.07) is 8.74. The predicted octanol–water partition coefficient (Wildman–Crippen LogP) is 5.46. The maximum Gasteiger partial charge on any atom is 0.119 e. The second kappa shape index (κ2) is 17.0. The molecule has 27 heavy (non-hydrogen) atoms. The summed E-state index contributed by atoms with van der Waals surface area (Å²) in [7, 11) is 2.97. The van der Waals surface area contributed by atoms with Gasteiger partial charge >= 0.3 is 0 Å². The lowest BCUT2D eigenvalue weighted by Crippen LogP contribution is -2.12. The quantitative estimate of drug-likeness (QED) is 0.498. The van der Waals surface area contributed by atoms with Gasteiger partial charge in [0, 0.05) is 27.8 Å². The van der Waals surface area contributed by atoms with Crippen LogP contribution < -0.4 is 10.1 Å². The summed E-state index contributed by atoms with van der Waals surface area (Å²) in [5, 5.41) is 10.2. The van der Waals surface area contributed by atoms with Crippen molar-refractivity contribution in [3.05, 3.63) is 29.8 Å². The van der Waals surface area contributed by atoms with Crippen LogP contribution in [0.25, 0.3) is 0 Å². The van der Waals surface area contributed by atoms with Gasteiger partial charge in [-0.3, -0.25) is 0 Å². The van der Waals surface area contributed by atoms with Crippen molar-refractivity contribution in [1.29, 1.82) is 0 Å². The third-order valence-electron chi connectivity index (χ3n) is 4.72. The molecule has 1 unspecified atom stereocenters. The molecule has 0 amide bonds. The first-order valence-corrected chi connectivity index (χ1v) is 10.5. The maximum absolute atomic E-state index is 7.00. The Labute approximate surface area is 169 Å². The van der Waals surface area contributed by atoms with Crippen LogP contribution in [0.5, 0.6) is 5.75 Å². The van der Waals surface area contributed by atoms with Crippen molar-refractivity contribution in [1.82, 2.24) is 5.32 Å². The molecule has 1 fully saturated rings. The molecule has 2 rings (SSSR count). The zero-order valence-electron chi connectivity index (χ0n) is 18.5. The number of aliphatic hydroxyl groups excluding tert-OH is 1. The van der Waals surface area contributed by atoms with Crippen molar-refractivity contribution in [3.63, 3.8) is 0 Å². The highest BCUT2D eigenvalue weighted by molar-refractivity contribution is 5.30. The van der Waals surface area contributed by atoms with E-state index in [0.29, 0.717) is 6.04 Å². The van der Waals surface area contributed by atoms with Gasteiger partial charge < -0.3 is 19.9 Å². The van der Waals surface area contributed by atoms with Crippen molar-refractivity contribution in [2.45, 2.75) is 65.8 Å². The van der Waals surface area contributed by atoms with E-state index in [4.69, 9.17) is 14.6 Å². The summed E-state index contributed by atoms with van der Waals surface area (Å²) in [6.45, 7) is 11.5. The summed E-state index contributed by atoms with van der Waals surface area (Å²) in [5.74, 6) is 2.55. The minimum Gasteiger partial charge on any atom is -0.493 e. The Hall–Kier alpha value is -1.10. The summed E-state index contributed by atoms with van der Waals surface area (Å²) in [6.07, 6.45) is 6.35.